The van der Waals surface area contributed by atoms with Crippen LogP contribution in [0.4, 0.5) is 20.3 Å². The van der Waals surface area contributed by atoms with Gasteiger partial charge in [0.15, 0.2) is 11.5 Å². The highest BCUT2D eigenvalue weighted by atomic mass is 19.1. The highest BCUT2D eigenvalue weighted by Crippen LogP contribution is 2.21. The van der Waals surface area contributed by atoms with Crippen molar-refractivity contribution in [2.24, 2.45) is 5.92 Å². The van der Waals surface area contributed by atoms with Crippen LogP contribution in [-0.4, -0.2) is 29.2 Å². The molecule has 1 aromatic carbocycles. The summed E-state index contributed by atoms with van der Waals surface area (Å²) in [7, 11) is 0. The van der Waals surface area contributed by atoms with Gasteiger partial charge in [0.05, 0.1) is 5.69 Å². The van der Waals surface area contributed by atoms with E-state index in [1.165, 1.54) is 12.5 Å². The second-order valence-electron chi connectivity index (χ2n) is 6.05. The molecule has 0 saturated carbocycles. The molecule has 0 aliphatic carbocycles. The first-order chi connectivity index (χ1) is 11.5. The third-order valence-corrected chi connectivity index (χ3v) is 4.04. The molecule has 7 heteroatoms. The maximum Gasteiger partial charge on any atom is 0.276 e. The average Bonchev–Trinajstić information content (AvgIpc) is 2.57. The first-order valence-corrected chi connectivity index (χ1v) is 7.88. The maximum absolute atomic E-state index is 13.6. The van der Waals surface area contributed by atoms with Gasteiger partial charge < -0.3 is 10.2 Å². The zero-order valence-electron chi connectivity index (χ0n) is 13.3. The van der Waals surface area contributed by atoms with Gasteiger partial charge in [0.2, 0.25) is 0 Å². The average molecular weight is 332 g/mol. The number of anilines is 2. The molecule has 24 heavy (non-hydrogen) atoms. The summed E-state index contributed by atoms with van der Waals surface area (Å²) >= 11 is 0. The lowest BCUT2D eigenvalue weighted by atomic mass is 10.0. The Hall–Kier alpha value is -2.57. The van der Waals surface area contributed by atoms with E-state index in [0.29, 0.717) is 12.0 Å². The lowest BCUT2D eigenvalue weighted by molar-refractivity contribution is 0.102. The Labute approximate surface area is 138 Å². The molecule has 1 aliphatic rings. The second kappa shape index (κ2) is 6.90. The monoisotopic (exact) mass is 332 g/mol. The quantitative estimate of drug-likeness (QED) is 0.937. The number of halogens is 2. The SMILES string of the molecule is CC1CCCN(c2ccc(C(=O)Nc3ccc(F)cc3F)nn2)C1. The number of amides is 1. The molecule has 2 aromatic rings. The highest BCUT2D eigenvalue weighted by Gasteiger charge is 2.19. The van der Waals surface area contributed by atoms with Crippen LogP contribution in [0.5, 0.6) is 0 Å². The third-order valence-electron chi connectivity index (χ3n) is 4.04. The summed E-state index contributed by atoms with van der Waals surface area (Å²) in [4.78, 5) is 14.2. The van der Waals surface area contributed by atoms with Gasteiger partial charge in [-0.25, -0.2) is 8.78 Å². The van der Waals surface area contributed by atoms with Crippen molar-refractivity contribution in [2.45, 2.75) is 19.8 Å². The van der Waals surface area contributed by atoms with Gasteiger partial charge in [-0.2, -0.15) is 0 Å². The largest absolute Gasteiger partial charge is 0.355 e. The number of benzene rings is 1. The number of carbonyl (C=O) groups excluding carboxylic acids is 1. The van der Waals surface area contributed by atoms with Crippen LogP contribution >= 0.6 is 0 Å². The van der Waals surface area contributed by atoms with Gasteiger partial charge >= 0.3 is 0 Å². The molecular weight excluding hydrogens is 314 g/mol. The maximum atomic E-state index is 13.6. The molecule has 0 bridgehead atoms. The lowest BCUT2D eigenvalue weighted by Gasteiger charge is -2.31. The normalized spacial score (nSPS) is 17.6. The number of piperidine rings is 1. The van der Waals surface area contributed by atoms with E-state index in [9.17, 15) is 13.6 Å². The fourth-order valence-corrected chi connectivity index (χ4v) is 2.79. The topological polar surface area (TPSA) is 58.1 Å². The van der Waals surface area contributed by atoms with Crippen LogP contribution in [0.2, 0.25) is 0 Å². The molecule has 1 atom stereocenters. The van der Waals surface area contributed by atoms with Gasteiger partial charge in [0.1, 0.15) is 11.6 Å². The molecule has 1 fully saturated rings. The minimum atomic E-state index is -0.838. The smallest absolute Gasteiger partial charge is 0.276 e. The van der Waals surface area contributed by atoms with Crippen molar-refractivity contribution in [3.05, 3.63) is 47.7 Å². The van der Waals surface area contributed by atoms with Crippen molar-refractivity contribution in [3.8, 4) is 0 Å². The molecule has 1 amide bonds. The van der Waals surface area contributed by atoms with Crippen LogP contribution in [-0.2, 0) is 0 Å². The number of aromatic nitrogens is 2. The summed E-state index contributed by atoms with van der Waals surface area (Å²) in [6.07, 6.45) is 2.31. The molecule has 1 aromatic heterocycles. The van der Waals surface area contributed by atoms with Gasteiger partial charge in [0, 0.05) is 19.2 Å². The zero-order valence-corrected chi connectivity index (χ0v) is 13.3. The van der Waals surface area contributed by atoms with E-state index >= 15 is 0 Å². The van der Waals surface area contributed by atoms with E-state index < -0.39 is 17.5 Å². The van der Waals surface area contributed by atoms with Crippen molar-refractivity contribution in [3.63, 3.8) is 0 Å². The Morgan fingerprint density at radius 3 is 2.75 bits per heavy atom. The van der Waals surface area contributed by atoms with Crippen LogP contribution < -0.4 is 10.2 Å². The van der Waals surface area contributed by atoms with E-state index in [1.807, 2.05) is 0 Å². The molecular formula is C17H18F2N4O. The number of nitrogens with zero attached hydrogens (tertiary/aromatic N) is 3. The first-order valence-electron chi connectivity index (χ1n) is 7.88. The predicted octanol–water partition coefficient (Wildman–Crippen LogP) is 3.24. The summed E-state index contributed by atoms with van der Waals surface area (Å²) < 4.78 is 26.4. The number of nitrogens with one attached hydrogen (secondary N) is 1. The minimum Gasteiger partial charge on any atom is -0.355 e. The molecule has 1 saturated heterocycles. The fourth-order valence-electron chi connectivity index (χ4n) is 2.79. The lowest BCUT2D eigenvalue weighted by Crippen LogP contribution is -2.35. The summed E-state index contributed by atoms with van der Waals surface area (Å²) in [5.41, 5.74) is -0.0235. The first kappa shape index (κ1) is 16.3. The third kappa shape index (κ3) is 3.67. The van der Waals surface area contributed by atoms with E-state index in [2.05, 4.69) is 27.3 Å². The Balaban J connectivity index is 1.69. The van der Waals surface area contributed by atoms with Gasteiger partial charge in [0.25, 0.3) is 5.91 Å². The molecule has 1 aliphatic heterocycles. The molecule has 2 heterocycles. The Morgan fingerprint density at radius 2 is 2.08 bits per heavy atom. The summed E-state index contributed by atoms with van der Waals surface area (Å²) in [6.45, 7) is 4.03. The van der Waals surface area contributed by atoms with E-state index in [0.717, 1.165) is 31.4 Å². The van der Waals surface area contributed by atoms with Crippen LogP contribution in [0.15, 0.2) is 30.3 Å². The van der Waals surface area contributed by atoms with Crippen molar-refractivity contribution >= 4 is 17.4 Å². The van der Waals surface area contributed by atoms with Crippen molar-refractivity contribution in [1.29, 1.82) is 0 Å². The highest BCUT2D eigenvalue weighted by molar-refractivity contribution is 6.02. The van der Waals surface area contributed by atoms with Crippen molar-refractivity contribution in [1.82, 2.24) is 10.2 Å². The number of hydrogen-bond acceptors (Lipinski definition) is 4. The van der Waals surface area contributed by atoms with Gasteiger partial charge in [-0.15, -0.1) is 10.2 Å². The van der Waals surface area contributed by atoms with Crippen molar-refractivity contribution < 1.29 is 13.6 Å². The fraction of sp³-hybridized carbons (Fsp3) is 0.353. The molecule has 1 N–H and O–H groups in total. The Bertz CT molecular complexity index is 736. The van der Waals surface area contributed by atoms with Gasteiger partial charge in [-0.05, 0) is 43.0 Å². The molecule has 1 unspecified atom stereocenters. The summed E-state index contributed by atoms with van der Waals surface area (Å²) in [6, 6.07) is 6.24. The van der Waals surface area contributed by atoms with Crippen LogP contribution in [0.3, 0.4) is 0 Å². The van der Waals surface area contributed by atoms with Crippen LogP contribution in [0, 0.1) is 17.6 Å². The molecule has 126 valence electrons. The summed E-state index contributed by atoms with van der Waals surface area (Å²) in [5, 5.41) is 10.4. The Morgan fingerprint density at radius 1 is 1.25 bits per heavy atom. The number of hydrogen-bond donors (Lipinski definition) is 1. The van der Waals surface area contributed by atoms with Gasteiger partial charge in [-0.1, -0.05) is 6.92 Å². The molecule has 3 rings (SSSR count). The standard InChI is InChI=1S/C17H18F2N4O/c1-11-3-2-8-23(10-11)16-7-6-15(21-22-16)17(24)20-14-5-4-12(18)9-13(14)19/h4-7,9,11H,2-3,8,10H2,1H3,(H,20,24). The minimum absolute atomic E-state index is 0.0764. The summed E-state index contributed by atoms with van der Waals surface area (Å²) in [5.74, 6) is -0.803. The van der Waals surface area contributed by atoms with E-state index in [1.54, 1.807) is 12.1 Å². The number of rotatable bonds is 3. The van der Waals surface area contributed by atoms with Gasteiger partial charge in [-0.3, -0.25) is 4.79 Å². The van der Waals surface area contributed by atoms with Crippen LogP contribution in [0.1, 0.15) is 30.3 Å². The van der Waals surface area contributed by atoms with Crippen molar-refractivity contribution in [2.75, 3.05) is 23.3 Å². The molecule has 0 spiro atoms. The van der Waals surface area contributed by atoms with E-state index in [-0.39, 0.29) is 11.4 Å². The molecule has 0 radical (unpaired) electrons. The second-order valence-corrected chi connectivity index (χ2v) is 6.05. The molecule has 5 nitrogen and oxygen atoms in total. The van der Waals surface area contributed by atoms with Crippen LogP contribution in [0.25, 0.3) is 0 Å². The zero-order chi connectivity index (χ0) is 17.1. The predicted molar refractivity (Wildman–Crippen MR) is 87.0 cm³/mol. The number of carbonyl (C=O) groups is 1. The van der Waals surface area contributed by atoms with E-state index in [4.69, 9.17) is 0 Å². The Kier molecular flexibility index (Phi) is 4.69.